The van der Waals surface area contributed by atoms with E-state index < -0.39 is 12.3 Å². The summed E-state index contributed by atoms with van der Waals surface area (Å²) in [5.41, 5.74) is 4.72. The number of aryl methyl sites for hydroxylation is 1. The number of nitrogens with zero attached hydrogens (tertiary/aromatic N) is 2. The molecule has 8 heteroatoms. The zero-order valence-corrected chi connectivity index (χ0v) is 20.4. The van der Waals surface area contributed by atoms with Crippen LogP contribution in [0.25, 0.3) is 16.7 Å². The normalized spacial score (nSPS) is 14.6. The van der Waals surface area contributed by atoms with E-state index in [0.717, 1.165) is 45.7 Å². The van der Waals surface area contributed by atoms with Gasteiger partial charge in [-0.05, 0) is 67.3 Å². The van der Waals surface area contributed by atoms with Gasteiger partial charge in [-0.2, -0.15) is 0 Å². The van der Waals surface area contributed by atoms with Crippen molar-refractivity contribution in [2.24, 2.45) is 0 Å². The number of rotatable bonds is 7. The molecule has 0 unspecified atom stereocenters. The smallest absolute Gasteiger partial charge is 0.272 e. The molecular weight excluding hydrogens is 466 g/mol. The van der Waals surface area contributed by atoms with Crippen molar-refractivity contribution in [3.8, 4) is 5.69 Å². The number of nitrogens with one attached hydrogen (secondary N) is 2. The van der Waals surface area contributed by atoms with E-state index in [0.29, 0.717) is 12.0 Å². The summed E-state index contributed by atoms with van der Waals surface area (Å²) in [4.78, 5) is 17.7. The summed E-state index contributed by atoms with van der Waals surface area (Å²) in [6.45, 7) is 2.78. The average Bonchev–Trinajstić information content (AvgIpc) is 3.48. The molecule has 35 heavy (non-hydrogen) atoms. The molecule has 0 saturated heterocycles. The van der Waals surface area contributed by atoms with E-state index in [4.69, 9.17) is 4.98 Å². The topological polar surface area (TPSA) is 59.0 Å². The van der Waals surface area contributed by atoms with Gasteiger partial charge in [0.2, 0.25) is 5.95 Å². The van der Waals surface area contributed by atoms with Crippen LogP contribution in [-0.4, -0.2) is 21.5 Å². The van der Waals surface area contributed by atoms with Gasteiger partial charge >= 0.3 is 0 Å². The van der Waals surface area contributed by atoms with Crippen molar-refractivity contribution < 1.29 is 13.6 Å². The fourth-order valence-electron chi connectivity index (χ4n) is 4.67. The van der Waals surface area contributed by atoms with Crippen molar-refractivity contribution in [3.05, 3.63) is 75.5 Å². The first-order valence-corrected chi connectivity index (χ1v) is 12.8. The predicted octanol–water partition coefficient (Wildman–Crippen LogP) is 7.01. The summed E-state index contributed by atoms with van der Waals surface area (Å²) in [7, 11) is 0. The molecule has 0 aliphatic heterocycles. The molecule has 2 heterocycles. The van der Waals surface area contributed by atoms with E-state index in [-0.39, 0.29) is 9.75 Å². The van der Waals surface area contributed by atoms with Crippen molar-refractivity contribution in [2.75, 3.05) is 5.32 Å². The van der Waals surface area contributed by atoms with Crippen molar-refractivity contribution in [1.82, 2.24) is 14.9 Å². The average molecular weight is 495 g/mol. The number of halogens is 2. The lowest BCUT2D eigenvalue weighted by Crippen LogP contribution is -2.30. The summed E-state index contributed by atoms with van der Waals surface area (Å²) in [6.07, 6.45) is 3.73. The second-order valence-electron chi connectivity index (χ2n) is 9.11. The molecule has 2 aromatic carbocycles. The Morgan fingerprint density at radius 1 is 1.11 bits per heavy atom. The highest BCUT2D eigenvalue weighted by Gasteiger charge is 2.20. The van der Waals surface area contributed by atoms with Crippen LogP contribution in [0.4, 0.5) is 14.7 Å². The molecular formula is C27H28F2N4OS. The van der Waals surface area contributed by atoms with E-state index in [9.17, 15) is 13.6 Å². The second kappa shape index (κ2) is 10.3. The number of thiophene rings is 1. The molecule has 2 N–H and O–H groups in total. The Balaban J connectivity index is 1.46. The molecule has 2 aromatic heterocycles. The van der Waals surface area contributed by atoms with E-state index >= 15 is 0 Å². The Bertz CT molecular complexity index is 1340. The maximum Gasteiger partial charge on any atom is 0.272 e. The maximum absolute atomic E-state index is 13.0. The van der Waals surface area contributed by atoms with Crippen LogP contribution in [-0.2, 0) is 6.54 Å². The van der Waals surface area contributed by atoms with Gasteiger partial charge in [0.1, 0.15) is 0 Å². The highest BCUT2D eigenvalue weighted by atomic mass is 32.1. The zero-order chi connectivity index (χ0) is 24.4. The van der Waals surface area contributed by atoms with Gasteiger partial charge in [-0.1, -0.05) is 37.5 Å². The first kappa shape index (κ1) is 23.6. The lowest BCUT2D eigenvalue weighted by molar-refractivity contribution is 0.102. The van der Waals surface area contributed by atoms with E-state index in [2.05, 4.69) is 16.7 Å². The molecule has 5 nitrogen and oxygen atoms in total. The fourth-order valence-corrected chi connectivity index (χ4v) is 5.43. The zero-order valence-electron chi connectivity index (χ0n) is 19.6. The SMILES string of the molecule is Cc1cccc(-n2c(NC(=O)c3ccc(C(F)F)s3)nc3cc(CNC4CCCCC4)ccc32)c1. The number of hydrogen-bond donors (Lipinski definition) is 2. The van der Waals surface area contributed by atoms with Crippen molar-refractivity contribution in [2.45, 2.75) is 58.0 Å². The number of anilines is 1. The lowest BCUT2D eigenvalue weighted by Gasteiger charge is -2.22. The third kappa shape index (κ3) is 5.28. The number of fused-ring (bicyclic) bond motifs is 1. The minimum atomic E-state index is -2.60. The van der Waals surface area contributed by atoms with Gasteiger partial charge in [-0.15, -0.1) is 11.3 Å². The molecule has 5 rings (SSSR count). The first-order valence-electron chi connectivity index (χ1n) is 12.0. The molecule has 0 spiro atoms. The Labute approximate surface area is 207 Å². The van der Waals surface area contributed by atoms with Gasteiger partial charge in [0.15, 0.2) is 0 Å². The van der Waals surface area contributed by atoms with Crippen LogP contribution < -0.4 is 10.6 Å². The second-order valence-corrected chi connectivity index (χ2v) is 10.2. The number of amides is 1. The molecule has 1 amide bonds. The fraction of sp³-hybridized carbons (Fsp3) is 0.333. The quantitative estimate of drug-likeness (QED) is 0.291. The molecule has 0 bridgehead atoms. The van der Waals surface area contributed by atoms with Crippen molar-refractivity contribution >= 4 is 34.2 Å². The molecule has 182 valence electrons. The number of imidazole rings is 1. The van der Waals surface area contributed by atoms with Gasteiger partial charge in [0.05, 0.1) is 20.8 Å². The highest BCUT2D eigenvalue weighted by Crippen LogP contribution is 2.30. The maximum atomic E-state index is 13.0. The summed E-state index contributed by atoms with van der Waals surface area (Å²) in [6, 6.07) is 17.4. The Kier molecular flexibility index (Phi) is 6.92. The summed E-state index contributed by atoms with van der Waals surface area (Å²) in [5.74, 6) is -0.0923. The van der Waals surface area contributed by atoms with Gasteiger partial charge < -0.3 is 5.32 Å². The van der Waals surface area contributed by atoms with Crippen molar-refractivity contribution in [1.29, 1.82) is 0 Å². The number of carbonyl (C=O) groups is 1. The molecule has 1 aliphatic carbocycles. The minimum Gasteiger partial charge on any atom is -0.310 e. The standard InChI is InChI=1S/C27H28F2N4OS/c1-17-6-5-9-20(14-17)33-22-11-10-18(16-30-19-7-3-2-4-8-19)15-21(22)31-27(33)32-26(34)24-13-12-23(35-24)25(28)29/h5-6,9-15,19,25,30H,2-4,7-8,16H2,1H3,(H,31,32,34). The summed E-state index contributed by atoms with van der Waals surface area (Å²) >= 11 is 0.794. The molecule has 0 radical (unpaired) electrons. The van der Waals surface area contributed by atoms with Crippen LogP contribution in [0.3, 0.4) is 0 Å². The van der Waals surface area contributed by atoms with Gasteiger partial charge in [-0.25, -0.2) is 13.8 Å². The highest BCUT2D eigenvalue weighted by molar-refractivity contribution is 7.14. The molecule has 1 saturated carbocycles. The largest absolute Gasteiger partial charge is 0.310 e. The number of alkyl halides is 2. The molecule has 1 aliphatic rings. The Morgan fingerprint density at radius 2 is 1.94 bits per heavy atom. The predicted molar refractivity (Wildman–Crippen MR) is 137 cm³/mol. The third-order valence-electron chi connectivity index (χ3n) is 6.47. The Hall–Kier alpha value is -3.10. The van der Waals surface area contributed by atoms with Gasteiger partial charge in [0.25, 0.3) is 12.3 Å². The van der Waals surface area contributed by atoms with Crippen LogP contribution >= 0.6 is 11.3 Å². The van der Waals surface area contributed by atoms with Crippen LogP contribution in [0.2, 0.25) is 0 Å². The minimum absolute atomic E-state index is 0.127. The summed E-state index contributed by atoms with van der Waals surface area (Å²) < 4.78 is 27.9. The van der Waals surface area contributed by atoms with Gasteiger partial charge in [-0.3, -0.25) is 14.7 Å². The Morgan fingerprint density at radius 3 is 2.69 bits per heavy atom. The van der Waals surface area contributed by atoms with Crippen LogP contribution in [0.1, 0.15) is 64.2 Å². The first-order chi connectivity index (χ1) is 17.0. The van der Waals surface area contributed by atoms with Gasteiger partial charge in [0, 0.05) is 18.3 Å². The van der Waals surface area contributed by atoms with Crippen molar-refractivity contribution in [3.63, 3.8) is 0 Å². The number of hydrogen-bond acceptors (Lipinski definition) is 4. The van der Waals surface area contributed by atoms with E-state index in [1.807, 2.05) is 47.9 Å². The number of carbonyl (C=O) groups excluding carboxylic acids is 1. The van der Waals surface area contributed by atoms with Crippen LogP contribution in [0, 0.1) is 6.92 Å². The number of aromatic nitrogens is 2. The molecule has 4 aromatic rings. The van der Waals surface area contributed by atoms with E-state index in [1.54, 1.807) is 0 Å². The van der Waals surface area contributed by atoms with E-state index in [1.165, 1.54) is 44.2 Å². The molecule has 1 fully saturated rings. The lowest BCUT2D eigenvalue weighted by atomic mass is 9.95. The third-order valence-corrected chi connectivity index (χ3v) is 7.56. The molecule has 0 atom stereocenters. The number of benzene rings is 2. The monoisotopic (exact) mass is 494 g/mol. The van der Waals surface area contributed by atoms with Crippen LogP contribution in [0.15, 0.2) is 54.6 Å². The summed E-state index contributed by atoms with van der Waals surface area (Å²) in [5, 5.41) is 6.52. The van der Waals surface area contributed by atoms with Crippen LogP contribution in [0.5, 0.6) is 0 Å².